The van der Waals surface area contributed by atoms with Gasteiger partial charge in [0.2, 0.25) is 17.7 Å². The smallest absolute Gasteiger partial charge is 0.326 e. The fourth-order valence-corrected chi connectivity index (χ4v) is 4.90. The Morgan fingerprint density at radius 3 is 2.53 bits per heavy atom. The first-order valence-corrected chi connectivity index (χ1v) is 11.3. The number of likely N-dealkylation sites (tertiary alicyclic amines) is 1. The van der Waals surface area contributed by atoms with E-state index in [9.17, 15) is 19.2 Å². The lowest BCUT2D eigenvalue weighted by Gasteiger charge is -2.24. The predicted octanol–water partition coefficient (Wildman–Crippen LogP) is 2.99. The third-order valence-electron chi connectivity index (χ3n) is 5.34. The number of imide groups is 1. The number of thiazole rings is 1. The molecule has 2 aliphatic rings. The average molecular weight is 476 g/mol. The SMILES string of the molecule is Cc1nc(CN2C(=O)CC3(C2=O)C(=O)N(CC(=O)OC(C)(C)C)c2ccc(Cl)cc23)cs1. The van der Waals surface area contributed by atoms with Crippen molar-refractivity contribution in [2.75, 3.05) is 11.4 Å². The summed E-state index contributed by atoms with van der Waals surface area (Å²) in [5.41, 5.74) is -1.20. The summed E-state index contributed by atoms with van der Waals surface area (Å²) >= 11 is 7.60. The molecule has 0 aliphatic carbocycles. The van der Waals surface area contributed by atoms with Gasteiger partial charge in [-0.3, -0.25) is 29.0 Å². The molecule has 32 heavy (non-hydrogen) atoms. The second-order valence-electron chi connectivity index (χ2n) is 8.86. The van der Waals surface area contributed by atoms with Crippen molar-refractivity contribution in [1.82, 2.24) is 9.88 Å². The van der Waals surface area contributed by atoms with Gasteiger partial charge in [-0.15, -0.1) is 11.3 Å². The molecule has 2 aliphatic heterocycles. The number of benzene rings is 1. The second kappa shape index (κ2) is 7.67. The number of hydrogen-bond donors (Lipinski definition) is 0. The van der Waals surface area contributed by atoms with Crippen molar-refractivity contribution in [3.63, 3.8) is 0 Å². The van der Waals surface area contributed by atoms with Crippen molar-refractivity contribution >= 4 is 52.3 Å². The molecule has 1 aromatic heterocycles. The molecule has 3 heterocycles. The molecular weight excluding hydrogens is 454 g/mol. The van der Waals surface area contributed by atoms with E-state index in [4.69, 9.17) is 16.3 Å². The van der Waals surface area contributed by atoms with Crippen LogP contribution in [0.15, 0.2) is 23.6 Å². The Bertz CT molecular complexity index is 1150. The first-order chi connectivity index (χ1) is 14.9. The van der Waals surface area contributed by atoms with Crippen LogP contribution in [-0.4, -0.2) is 45.7 Å². The van der Waals surface area contributed by atoms with Gasteiger partial charge in [0.1, 0.15) is 12.1 Å². The standard InChI is InChI=1S/C22H22ClN3O5S/c1-12-24-14(11-32-12)9-26-17(27)8-22(20(26)30)15-7-13(23)5-6-16(15)25(19(22)29)10-18(28)31-21(2,3)4/h5-7,11H,8-10H2,1-4H3. The molecule has 1 aromatic carbocycles. The van der Waals surface area contributed by atoms with Gasteiger partial charge in [-0.05, 0) is 45.9 Å². The number of halogens is 1. The number of amides is 3. The van der Waals surface area contributed by atoms with E-state index in [0.29, 0.717) is 22.0 Å². The highest BCUT2D eigenvalue weighted by Crippen LogP contribution is 2.49. The fourth-order valence-electron chi connectivity index (χ4n) is 4.12. The van der Waals surface area contributed by atoms with E-state index in [0.717, 1.165) is 9.91 Å². The predicted molar refractivity (Wildman–Crippen MR) is 118 cm³/mol. The van der Waals surface area contributed by atoms with E-state index in [1.54, 1.807) is 38.3 Å². The lowest BCUT2D eigenvalue weighted by Crippen LogP contribution is -2.48. The minimum Gasteiger partial charge on any atom is -0.459 e. The molecule has 1 atom stereocenters. The van der Waals surface area contributed by atoms with Gasteiger partial charge < -0.3 is 4.74 Å². The monoisotopic (exact) mass is 475 g/mol. The molecule has 0 bridgehead atoms. The highest BCUT2D eigenvalue weighted by molar-refractivity contribution is 7.09. The van der Waals surface area contributed by atoms with Gasteiger partial charge in [0.25, 0.3) is 0 Å². The third-order valence-corrected chi connectivity index (χ3v) is 6.40. The zero-order valence-electron chi connectivity index (χ0n) is 18.1. The van der Waals surface area contributed by atoms with Crippen molar-refractivity contribution in [2.45, 2.75) is 51.7 Å². The fraction of sp³-hybridized carbons (Fsp3) is 0.409. The number of hydrogen-bond acceptors (Lipinski definition) is 7. The first kappa shape index (κ1) is 22.4. The Labute approximate surface area is 194 Å². The minimum absolute atomic E-state index is 0.0149. The number of fused-ring (bicyclic) bond motifs is 2. The number of aryl methyl sites for hydroxylation is 1. The second-order valence-corrected chi connectivity index (χ2v) is 10.4. The molecule has 8 nitrogen and oxygen atoms in total. The summed E-state index contributed by atoms with van der Waals surface area (Å²) in [6, 6.07) is 4.68. The van der Waals surface area contributed by atoms with Crippen LogP contribution in [0.2, 0.25) is 5.02 Å². The maximum Gasteiger partial charge on any atom is 0.326 e. The molecule has 2 aromatic rings. The average Bonchev–Trinajstić information content (AvgIpc) is 3.27. The van der Waals surface area contributed by atoms with Crippen LogP contribution in [0.4, 0.5) is 5.69 Å². The number of aromatic nitrogens is 1. The summed E-state index contributed by atoms with van der Waals surface area (Å²) in [4.78, 5) is 59.2. The number of ether oxygens (including phenoxy) is 1. The van der Waals surface area contributed by atoms with Crippen molar-refractivity contribution in [1.29, 1.82) is 0 Å². The Morgan fingerprint density at radius 1 is 1.22 bits per heavy atom. The lowest BCUT2D eigenvalue weighted by atomic mass is 9.80. The maximum absolute atomic E-state index is 13.6. The molecule has 4 rings (SSSR count). The molecule has 168 valence electrons. The van der Waals surface area contributed by atoms with E-state index in [1.807, 2.05) is 6.92 Å². The molecular formula is C22H22ClN3O5S. The Balaban J connectivity index is 1.71. The van der Waals surface area contributed by atoms with Crippen LogP contribution < -0.4 is 4.90 Å². The van der Waals surface area contributed by atoms with E-state index in [-0.39, 0.29) is 19.5 Å². The zero-order valence-corrected chi connectivity index (χ0v) is 19.7. The molecule has 1 unspecified atom stereocenters. The van der Waals surface area contributed by atoms with Crippen LogP contribution in [0.3, 0.4) is 0 Å². The topological polar surface area (TPSA) is 96.9 Å². The lowest BCUT2D eigenvalue weighted by molar-refractivity contribution is -0.154. The van der Waals surface area contributed by atoms with Crippen molar-refractivity contribution in [2.24, 2.45) is 0 Å². The van der Waals surface area contributed by atoms with Gasteiger partial charge in [-0.1, -0.05) is 11.6 Å². The molecule has 1 spiro atoms. The minimum atomic E-state index is -1.75. The first-order valence-electron chi connectivity index (χ1n) is 10.0. The summed E-state index contributed by atoms with van der Waals surface area (Å²) in [5, 5.41) is 2.91. The van der Waals surface area contributed by atoms with Gasteiger partial charge in [0, 0.05) is 21.7 Å². The highest BCUT2D eigenvalue weighted by atomic mass is 35.5. The molecule has 1 saturated heterocycles. The number of carbonyl (C=O) groups excluding carboxylic acids is 4. The summed E-state index contributed by atoms with van der Waals surface area (Å²) in [6.07, 6.45) is -0.327. The summed E-state index contributed by atoms with van der Waals surface area (Å²) in [5.74, 6) is -2.35. The largest absolute Gasteiger partial charge is 0.459 e. The molecule has 1 fully saturated rings. The quantitative estimate of drug-likeness (QED) is 0.383. The van der Waals surface area contributed by atoms with E-state index < -0.39 is 34.7 Å². The van der Waals surface area contributed by atoms with Gasteiger partial charge in [0.05, 0.1) is 23.7 Å². The van der Waals surface area contributed by atoms with Crippen LogP contribution in [0.25, 0.3) is 0 Å². The van der Waals surface area contributed by atoms with E-state index in [2.05, 4.69) is 4.98 Å². The van der Waals surface area contributed by atoms with Crippen molar-refractivity contribution in [3.05, 3.63) is 44.9 Å². The summed E-state index contributed by atoms with van der Waals surface area (Å²) in [7, 11) is 0. The Hall–Kier alpha value is -2.78. The van der Waals surface area contributed by atoms with Crippen molar-refractivity contribution < 1.29 is 23.9 Å². The number of esters is 1. The third kappa shape index (κ3) is 3.69. The van der Waals surface area contributed by atoms with Crippen LogP contribution in [0.5, 0.6) is 0 Å². The normalized spacial score (nSPS) is 20.5. The number of carbonyl (C=O) groups is 4. The Morgan fingerprint density at radius 2 is 1.91 bits per heavy atom. The molecule has 0 N–H and O–H groups in total. The van der Waals surface area contributed by atoms with E-state index >= 15 is 0 Å². The molecule has 0 saturated carbocycles. The Kier molecular flexibility index (Phi) is 5.37. The van der Waals surface area contributed by atoms with E-state index in [1.165, 1.54) is 22.3 Å². The van der Waals surface area contributed by atoms with Crippen molar-refractivity contribution in [3.8, 4) is 0 Å². The van der Waals surface area contributed by atoms with Gasteiger partial charge in [-0.2, -0.15) is 0 Å². The zero-order chi connectivity index (χ0) is 23.4. The molecule has 10 heteroatoms. The molecule has 0 radical (unpaired) electrons. The highest BCUT2D eigenvalue weighted by Gasteiger charge is 2.64. The summed E-state index contributed by atoms with van der Waals surface area (Å²) in [6.45, 7) is 6.62. The van der Waals surface area contributed by atoms with Crippen LogP contribution >= 0.6 is 22.9 Å². The van der Waals surface area contributed by atoms with Crippen LogP contribution in [0.1, 0.15) is 43.5 Å². The number of nitrogens with zero attached hydrogens (tertiary/aromatic N) is 3. The number of rotatable bonds is 4. The van der Waals surface area contributed by atoms with Crippen LogP contribution in [-0.2, 0) is 35.9 Å². The summed E-state index contributed by atoms with van der Waals surface area (Å²) < 4.78 is 5.36. The maximum atomic E-state index is 13.6. The van der Waals surface area contributed by atoms with Gasteiger partial charge >= 0.3 is 5.97 Å². The molecule has 3 amide bonds. The number of anilines is 1. The van der Waals surface area contributed by atoms with Gasteiger partial charge in [-0.25, -0.2) is 4.98 Å². The van der Waals surface area contributed by atoms with Crippen LogP contribution in [0, 0.1) is 6.92 Å². The van der Waals surface area contributed by atoms with Gasteiger partial charge in [0.15, 0.2) is 5.41 Å².